The van der Waals surface area contributed by atoms with E-state index >= 15 is 0 Å². The number of primary amides is 1. The average Bonchev–Trinajstić information content (AvgIpc) is 2.18. The Kier molecular flexibility index (Phi) is 2.87. The summed E-state index contributed by atoms with van der Waals surface area (Å²) in [5.74, 6) is -0.451. The third kappa shape index (κ3) is 2.18. The second kappa shape index (κ2) is 3.74. The first kappa shape index (κ1) is 9.98. The molecule has 1 heterocycles. The van der Waals surface area contributed by atoms with Crippen molar-refractivity contribution >= 4 is 11.8 Å². The van der Waals surface area contributed by atoms with E-state index in [0.29, 0.717) is 13.1 Å². The molecule has 0 aromatic carbocycles. The number of nitrogens with zero attached hydrogens (tertiary/aromatic N) is 2. The van der Waals surface area contributed by atoms with Crippen molar-refractivity contribution in [1.29, 1.82) is 0 Å². The van der Waals surface area contributed by atoms with Crippen molar-refractivity contribution in [2.24, 2.45) is 5.73 Å². The average molecular weight is 184 g/mol. The van der Waals surface area contributed by atoms with Crippen LogP contribution in [-0.4, -0.2) is 54.8 Å². The zero-order valence-electron chi connectivity index (χ0n) is 7.86. The van der Waals surface area contributed by atoms with E-state index in [0.717, 1.165) is 0 Å². The maximum Gasteiger partial charge on any atom is 0.236 e. The van der Waals surface area contributed by atoms with Crippen molar-refractivity contribution in [1.82, 2.24) is 9.80 Å². The zero-order chi connectivity index (χ0) is 10.0. The fraction of sp³-hybridized carbons (Fsp3) is 0.625. The fourth-order valence-electron chi connectivity index (χ4n) is 1.30. The van der Waals surface area contributed by atoms with Crippen LogP contribution in [0.15, 0.2) is 0 Å². The van der Waals surface area contributed by atoms with E-state index < -0.39 is 5.91 Å². The summed E-state index contributed by atoms with van der Waals surface area (Å²) in [5, 5.41) is 0. The summed E-state index contributed by atoms with van der Waals surface area (Å²) in [6.07, 6.45) is 1.54. The summed E-state index contributed by atoms with van der Waals surface area (Å²) in [6, 6.07) is -0.382. The van der Waals surface area contributed by atoms with Gasteiger partial charge in [-0.05, 0) is 7.05 Å². The maximum atomic E-state index is 11.2. The molecule has 1 rings (SSSR count). The van der Waals surface area contributed by atoms with Gasteiger partial charge in [-0.1, -0.05) is 0 Å². The molecule has 5 nitrogen and oxygen atoms in total. The van der Waals surface area contributed by atoms with E-state index in [4.69, 9.17) is 5.73 Å². The van der Waals surface area contributed by atoms with Crippen LogP contribution >= 0.6 is 0 Å². The summed E-state index contributed by atoms with van der Waals surface area (Å²) in [6.45, 7) is 0.831. The normalized spacial score (nSPS) is 25.8. The van der Waals surface area contributed by atoms with Gasteiger partial charge in [0, 0.05) is 20.1 Å². The molecule has 1 saturated heterocycles. The van der Waals surface area contributed by atoms with Crippen molar-refractivity contribution in [3.63, 3.8) is 0 Å². The third-order valence-electron chi connectivity index (χ3n) is 2.24. The molecule has 1 unspecified atom stereocenters. The molecule has 0 aliphatic carbocycles. The molecule has 1 aliphatic rings. The van der Waals surface area contributed by atoms with Crippen molar-refractivity contribution in [3.8, 4) is 0 Å². The molecule has 1 fully saturated rings. The highest BCUT2D eigenvalue weighted by atomic mass is 16.2. The van der Waals surface area contributed by atoms with E-state index in [1.54, 1.807) is 25.4 Å². The van der Waals surface area contributed by atoms with Gasteiger partial charge in [-0.25, -0.2) is 0 Å². The summed E-state index contributed by atoms with van der Waals surface area (Å²) in [5.41, 5.74) is 5.20. The van der Waals surface area contributed by atoms with Gasteiger partial charge < -0.3 is 10.6 Å². The van der Waals surface area contributed by atoms with Gasteiger partial charge in [-0.15, -0.1) is 0 Å². The topological polar surface area (TPSA) is 66.6 Å². The number of carbonyl (C=O) groups excluding carboxylic acids is 2. The monoisotopic (exact) mass is 184 g/mol. The molecule has 0 spiro atoms. The van der Waals surface area contributed by atoms with Gasteiger partial charge in [-0.3, -0.25) is 14.5 Å². The van der Waals surface area contributed by atoms with Crippen molar-refractivity contribution in [3.05, 3.63) is 6.42 Å². The lowest BCUT2D eigenvalue weighted by atomic mass is 10.2. The Hall–Kier alpha value is -1.10. The van der Waals surface area contributed by atoms with Crippen molar-refractivity contribution in [2.75, 3.05) is 27.2 Å². The highest BCUT2D eigenvalue weighted by Crippen LogP contribution is 2.06. The smallest absolute Gasteiger partial charge is 0.236 e. The van der Waals surface area contributed by atoms with Crippen LogP contribution in [0.4, 0.5) is 0 Å². The van der Waals surface area contributed by atoms with Crippen LogP contribution < -0.4 is 5.73 Å². The number of rotatable bonds is 1. The van der Waals surface area contributed by atoms with Crippen molar-refractivity contribution < 1.29 is 9.59 Å². The summed E-state index contributed by atoms with van der Waals surface area (Å²) in [4.78, 5) is 25.5. The number of hydrogen-bond donors (Lipinski definition) is 1. The molecular weight excluding hydrogens is 170 g/mol. The number of amides is 2. The first-order chi connectivity index (χ1) is 6.02. The molecule has 0 saturated carbocycles. The minimum Gasteiger partial charge on any atom is -0.368 e. The second-order valence-corrected chi connectivity index (χ2v) is 3.28. The van der Waals surface area contributed by atoms with Crippen LogP contribution in [0.1, 0.15) is 0 Å². The predicted molar refractivity (Wildman–Crippen MR) is 47.5 cm³/mol. The maximum absolute atomic E-state index is 11.2. The molecule has 1 radical (unpaired) electrons. The molecule has 0 bridgehead atoms. The van der Waals surface area contributed by atoms with Crippen LogP contribution in [0.2, 0.25) is 0 Å². The molecule has 1 aliphatic heterocycles. The molecule has 0 aromatic heterocycles. The summed E-state index contributed by atoms with van der Waals surface area (Å²) in [7, 11) is 3.44. The van der Waals surface area contributed by atoms with Gasteiger partial charge in [0.05, 0.1) is 6.42 Å². The van der Waals surface area contributed by atoms with Crippen molar-refractivity contribution in [2.45, 2.75) is 6.04 Å². The first-order valence-corrected chi connectivity index (χ1v) is 4.10. The number of nitrogens with two attached hydrogens (primary N) is 1. The summed E-state index contributed by atoms with van der Waals surface area (Å²) >= 11 is 0. The zero-order valence-corrected chi connectivity index (χ0v) is 7.86. The third-order valence-corrected chi connectivity index (χ3v) is 2.24. The minimum absolute atomic E-state index is 0.0596. The lowest BCUT2D eigenvalue weighted by molar-refractivity contribution is -0.127. The van der Waals surface area contributed by atoms with E-state index in [2.05, 4.69) is 0 Å². The van der Waals surface area contributed by atoms with Crippen LogP contribution in [-0.2, 0) is 9.59 Å². The summed E-state index contributed by atoms with van der Waals surface area (Å²) < 4.78 is 0. The van der Waals surface area contributed by atoms with Gasteiger partial charge >= 0.3 is 0 Å². The lowest BCUT2D eigenvalue weighted by Gasteiger charge is -2.23. The van der Waals surface area contributed by atoms with Crippen LogP contribution in [0, 0.1) is 6.42 Å². The molecule has 13 heavy (non-hydrogen) atoms. The molecule has 2 N–H and O–H groups in total. The van der Waals surface area contributed by atoms with Crippen LogP contribution in [0.5, 0.6) is 0 Å². The Morgan fingerprint density at radius 1 is 1.62 bits per heavy atom. The van der Waals surface area contributed by atoms with Gasteiger partial charge in [0.15, 0.2) is 0 Å². The Morgan fingerprint density at radius 3 is 2.77 bits per heavy atom. The highest BCUT2D eigenvalue weighted by molar-refractivity contribution is 5.87. The van der Waals surface area contributed by atoms with E-state index in [1.807, 2.05) is 0 Å². The van der Waals surface area contributed by atoms with Crippen LogP contribution in [0.25, 0.3) is 0 Å². The van der Waals surface area contributed by atoms with E-state index in [9.17, 15) is 9.59 Å². The largest absolute Gasteiger partial charge is 0.368 e. The SMILES string of the molecule is CN1CC(C(N)=O)N(C)C[CH]C1=O. The molecule has 0 aromatic rings. The number of likely N-dealkylation sites (N-methyl/N-ethyl adjacent to an activating group) is 2. The van der Waals surface area contributed by atoms with E-state index in [1.165, 1.54) is 4.90 Å². The fourth-order valence-corrected chi connectivity index (χ4v) is 1.30. The Balaban J connectivity index is 2.73. The lowest BCUT2D eigenvalue weighted by Crippen LogP contribution is -2.47. The quantitative estimate of drug-likeness (QED) is 0.536. The van der Waals surface area contributed by atoms with Gasteiger partial charge in [0.1, 0.15) is 6.04 Å². The predicted octanol–water partition coefficient (Wildman–Crippen LogP) is -1.55. The molecule has 2 amide bonds. The Bertz CT molecular complexity index is 229. The van der Waals surface area contributed by atoms with Gasteiger partial charge in [-0.2, -0.15) is 0 Å². The van der Waals surface area contributed by atoms with Gasteiger partial charge in [0.2, 0.25) is 11.8 Å². The van der Waals surface area contributed by atoms with Gasteiger partial charge in [0.25, 0.3) is 0 Å². The van der Waals surface area contributed by atoms with Crippen LogP contribution in [0.3, 0.4) is 0 Å². The minimum atomic E-state index is -0.391. The van der Waals surface area contributed by atoms with E-state index in [-0.39, 0.29) is 11.9 Å². The number of carbonyl (C=O) groups is 2. The first-order valence-electron chi connectivity index (χ1n) is 4.10. The highest BCUT2D eigenvalue weighted by Gasteiger charge is 2.28. The molecule has 73 valence electrons. The standard InChI is InChI=1S/C8H14N3O2/c1-10-4-3-7(12)11(2)5-6(10)8(9)13/h3,6H,4-5H2,1-2H3,(H2,9,13). The Morgan fingerprint density at radius 2 is 2.23 bits per heavy atom. The molecule has 5 heteroatoms. The Labute approximate surface area is 77.5 Å². The number of hydrogen-bond acceptors (Lipinski definition) is 3. The second-order valence-electron chi connectivity index (χ2n) is 3.28. The molecule has 1 atom stereocenters. The molecular formula is C8H14N3O2.